The first-order chi connectivity index (χ1) is 12.3. The van der Waals surface area contributed by atoms with Crippen LogP contribution in [0, 0.1) is 39.9 Å². The van der Waals surface area contributed by atoms with Crippen molar-refractivity contribution >= 4 is 17.9 Å². The second kappa shape index (κ2) is 14.6. The Bertz CT molecular complexity index is 450. The van der Waals surface area contributed by atoms with Crippen LogP contribution < -0.4 is 5.11 Å². The van der Waals surface area contributed by atoms with E-state index in [-0.39, 0.29) is 59.6 Å². The summed E-state index contributed by atoms with van der Waals surface area (Å²) in [4.78, 5) is 40.5. The molecule has 0 spiro atoms. The SMILES string of the molecule is CCN1CCN(CC(=O)[O-])CCN(CC(=O)O)CCN(CC(=O)O)CC1.[Gd]. The van der Waals surface area contributed by atoms with Gasteiger partial charge in [-0.3, -0.25) is 24.3 Å². The van der Waals surface area contributed by atoms with Crippen molar-refractivity contribution < 1.29 is 69.6 Å². The second-order valence-electron chi connectivity index (χ2n) is 6.42. The van der Waals surface area contributed by atoms with Crippen LogP contribution in [-0.4, -0.2) is 126 Å². The van der Waals surface area contributed by atoms with E-state index in [2.05, 4.69) is 4.90 Å². The van der Waals surface area contributed by atoms with Crippen LogP contribution in [0.4, 0.5) is 0 Å². The molecule has 1 fully saturated rings. The molecule has 0 radical (unpaired) electrons. The number of carboxylic acids is 3. The first-order valence-corrected chi connectivity index (χ1v) is 8.83. The summed E-state index contributed by atoms with van der Waals surface area (Å²) in [5, 5.41) is 29.1. The van der Waals surface area contributed by atoms with Gasteiger partial charge < -0.3 is 25.0 Å². The van der Waals surface area contributed by atoms with Gasteiger partial charge in [0.2, 0.25) is 0 Å². The average Bonchev–Trinajstić information content (AvgIpc) is 2.53. The summed E-state index contributed by atoms with van der Waals surface area (Å²) >= 11 is 0. The molecule has 0 aromatic heterocycles. The molecule has 0 aliphatic carbocycles. The monoisotopic (exact) mass is 531 g/mol. The van der Waals surface area contributed by atoms with Crippen LogP contribution in [-0.2, 0) is 14.4 Å². The Kier molecular flexibility index (Phi) is 14.3. The summed E-state index contributed by atoms with van der Waals surface area (Å²) in [7, 11) is 0. The van der Waals surface area contributed by atoms with E-state index in [1.807, 2.05) is 6.92 Å². The van der Waals surface area contributed by atoms with Gasteiger partial charge in [-0.1, -0.05) is 6.92 Å². The van der Waals surface area contributed by atoms with Crippen molar-refractivity contribution in [2.75, 3.05) is 78.5 Å². The number of hydrogen-bond acceptors (Lipinski definition) is 8. The Hall–Kier alpha value is -0.425. The van der Waals surface area contributed by atoms with Gasteiger partial charge in [-0.2, -0.15) is 0 Å². The van der Waals surface area contributed by atoms with Gasteiger partial charge in [0, 0.05) is 98.8 Å². The maximum Gasteiger partial charge on any atom is 0.317 e. The van der Waals surface area contributed by atoms with Crippen LogP contribution in [0.5, 0.6) is 0 Å². The van der Waals surface area contributed by atoms with E-state index < -0.39 is 17.9 Å². The number of likely N-dealkylation sites (N-methyl/N-ethyl adjacent to an activating group) is 1. The van der Waals surface area contributed by atoms with Crippen LogP contribution in [0.15, 0.2) is 0 Å². The number of carboxylic acid groups (broad SMARTS) is 3. The van der Waals surface area contributed by atoms with Crippen molar-refractivity contribution in [2.45, 2.75) is 6.92 Å². The Labute approximate surface area is 191 Å². The Morgan fingerprint density at radius 3 is 1.26 bits per heavy atom. The molecule has 0 aromatic rings. The third-order valence-electron chi connectivity index (χ3n) is 4.45. The largest absolute Gasteiger partial charge is 0.549 e. The molecule has 1 heterocycles. The van der Waals surface area contributed by atoms with Crippen molar-refractivity contribution in [3.8, 4) is 0 Å². The molecule has 1 rings (SSSR count). The third-order valence-corrected chi connectivity index (χ3v) is 4.45. The minimum Gasteiger partial charge on any atom is -0.549 e. The quantitative estimate of drug-likeness (QED) is 0.355. The van der Waals surface area contributed by atoms with Gasteiger partial charge in [0.15, 0.2) is 0 Å². The Balaban J connectivity index is 0.00000676. The van der Waals surface area contributed by atoms with Crippen molar-refractivity contribution in [1.82, 2.24) is 19.6 Å². The molecule has 11 heteroatoms. The topological polar surface area (TPSA) is 128 Å². The van der Waals surface area contributed by atoms with Gasteiger partial charge in [-0.25, -0.2) is 0 Å². The summed E-state index contributed by atoms with van der Waals surface area (Å²) in [6, 6.07) is 0. The summed E-state index contributed by atoms with van der Waals surface area (Å²) < 4.78 is 0. The van der Waals surface area contributed by atoms with Crippen molar-refractivity contribution in [3.63, 3.8) is 0 Å². The summed E-state index contributed by atoms with van der Waals surface area (Å²) in [5.41, 5.74) is 0. The molecule has 0 atom stereocenters. The molecule has 2 N–H and O–H groups in total. The molecule has 1 aliphatic heterocycles. The number of carbonyl (C=O) groups excluding carboxylic acids is 1. The Morgan fingerprint density at radius 1 is 0.704 bits per heavy atom. The third kappa shape index (κ3) is 12.6. The molecule has 0 bridgehead atoms. The first-order valence-electron chi connectivity index (χ1n) is 8.83. The summed E-state index contributed by atoms with van der Waals surface area (Å²) in [6.45, 7) is 6.41. The van der Waals surface area contributed by atoms with Crippen LogP contribution in [0.1, 0.15) is 6.92 Å². The number of rotatable bonds is 7. The van der Waals surface area contributed by atoms with E-state index in [1.165, 1.54) is 0 Å². The predicted octanol–water partition coefficient (Wildman–Crippen LogP) is -2.85. The standard InChI is InChI=1S/C16H30N4O6.Gd/c1-2-17-3-5-18(11-14(21)22)7-9-20(13-16(25)26)10-8-19(6-4-17)12-15(23)24;/h2-13H2,1H3,(H,21,22)(H,23,24)(H,25,26);/p-1. The summed E-state index contributed by atoms with van der Waals surface area (Å²) in [6.07, 6.45) is 0. The van der Waals surface area contributed by atoms with Gasteiger partial charge in [-0.15, -0.1) is 0 Å². The van der Waals surface area contributed by atoms with Crippen LogP contribution in [0.25, 0.3) is 0 Å². The number of carbonyl (C=O) groups is 3. The first kappa shape index (κ1) is 26.6. The zero-order valence-electron chi connectivity index (χ0n) is 15.7. The molecular weight excluding hydrogens is 501 g/mol. The summed E-state index contributed by atoms with van der Waals surface area (Å²) in [5.74, 6) is -3.03. The van der Waals surface area contributed by atoms with Crippen molar-refractivity contribution in [1.29, 1.82) is 0 Å². The molecule has 27 heavy (non-hydrogen) atoms. The minimum absolute atomic E-state index is 0. The molecule has 0 unspecified atom stereocenters. The fourth-order valence-electron chi connectivity index (χ4n) is 2.93. The molecule has 1 aliphatic rings. The Morgan fingerprint density at radius 2 is 1.00 bits per heavy atom. The maximum absolute atomic E-state index is 11.1. The van der Waals surface area contributed by atoms with Gasteiger partial charge in [0.1, 0.15) is 0 Å². The van der Waals surface area contributed by atoms with Crippen LogP contribution in [0.3, 0.4) is 0 Å². The van der Waals surface area contributed by atoms with Gasteiger partial charge in [0.05, 0.1) is 19.1 Å². The van der Waals surface area contributed by atoms with E-state index in [0.717, 1.165) is 6.54 Å². The molecule has 1 saturated heterocycles. The molecular formula is C16H29GdN4O6-. The van der Waals surface area contributed by atoms with Gasteiger partial charge in [0.25, 0.3) is 0 Å². The number of aliphatic carboxylic acids is 3. The predicted molar refractivity (Wildman–Crippen MR) is 91.7 cm³/mol. The average molecular weight is 531 g/mol. The minimum atomic E-state index is -1.16. The van der Waals surface area contributed by atoms with Gasteiger partial charge >= 0.3 is 11.9 Å². The number of nitrogens with zero attached hydrogens (tertiary/aromatic N) is 4. The van der Waals surface area contributed by atoms with Crippen LogP contribution in [0.2, 0.25) is 0 Å². The van der Waals surface area contributed by atoms with Crippen molar-refractivity contribution in [3.05, 3.63) is 0 Å². The molecule has 10 nitrogen and oxygen atoms in total. The zero-order valence-corrected chi connectivity index (χ0v) is 17.9. The van der Waals surface area contributed by atoms with Gasteiger partial charge in [-0.05, 0) is 6.54 Å². The molecule has 0 amide bonds. The van der Waals surface area contributed by atoms with E-state index >= 15 is 0 Å². The zero-order chi connectivity index (χ0) is 19.5. The molecule has 158 valence electrons. The number of hydrogen-bond donors (Lipinski definition) is 2. The molecule has 0 saturated carbocycles. The molecule has 0 aromatic carbocycles. The van der Waals surface area contributed by atoms with E-state index in [1.54, 1.807) is 14.7 Å². The van der Waals surface area contributed by atoms with Crippen molar-refractivity contribution in [2.24, 2.45) is 0 Å². The smallest absolute Gasteiger partial charge is 0.317 e. The maximum atomic E-state index is 11.1. The van der Waals surface area contributed by atoms with E-state index in [9.17, 15) is 19.5 Å². The van der Waals surface area contributed by atoms with E-state index in [0.29, 0.717) is 52.4 Å². The van der Waals surface area contributed by atoms with E-state index in [4.69, 9.17) is 10.2 Å². The normalized spacial score (nSPS) is 19.4. The fourth-order valence-corrected chi connectivity index (χ4v) is 2.93. The second-order valence-corrected chi connectivity index (χ2v) is 6.42. The fraction of sp³-hybridized carbons (Fsp3) is 0.812. The van der Waals surface area contributed by atoms with Crippen LogP contribution >= 0.6 is 0 Å².